The molecule has 6 heteroatoms. The van der Waals surface area contributed by atoms with E-state index < -0.39 is 0 Å². The number of aliphatic imine (C=N–C) groups is 1. The predicted octanol–water partition coefficient (Wildman–Crippen LogP) is 2.96. The Morgan fingerprint density at radius 2 is 2.29 bits per heavy atom. The van der Waals surface area contributed by atoms with Gasteiger partial charge in [-0.3, -0.25) is 0 Å². The van der Waals surface area contributed by atoms with Crippen molar-refractivity contribution in [2.24, 2.45) is 10.7 Å². The van der Waals surface area contributed by atoms with Crippen LogP contribution in [0.4, 0.5) is 4.79 Å². The highest BCUT2D eigenvalue weighted by molar-refractivity contribution is 9.10. The first-order valence-corrected chi connectivity index (χ1v) is 6.31. The van der Waals surface area contributed by atoms with E-state index in [9.17, 15) is 4.79 Å². The molecule has 0 saturated carbocycles. The molecule has 0 saturated heterocycles. The van der Waals surface area contributed by atoms with Gasteiger partial charge >= 0.3 is 6.03 Å². The molecule has 0 fully saturated rings. The molecule has 0 spiro atoms. The summed E-state index contributed by atoms with van der Waals surface area (Å²) in [5.41, 5.74) is 6.66. The summed E-state index contributed by atoms with van der Waals surface area (Å²) < 4.78 is 0.859. The van der Waals surface area contributed by atoms with E-state index in [1.807, 2.05) is 13.0 Å². The molecule has 1 unspecified atom stereocenters. The number of carbonyl (C=O) groups is 1. The fraction of sp³-hybridized carbons (Fsp3) is 0.273. The summed E-state index contributed by atoms with van der Waals surface area (Å²) in [6.07, 6.45) is 0. The molecule has 2 N–H and O–H groups in total. The molecule has 1 aromatic carbocycles. The molecule has 1 aliphatic heterocycles. The van der Waals surface area contributed by atoms with Crippen molar-refractivity contribution in [1.82, 2.24) is 4.90 Å². The Labute approximate surface area is 113 Å². The average Bonchev–Trinajstić information content (AvgIpc) is 2.56. The van der Waals surface area contributed by atoms with Gasteiger partial charge in [0.1, 0.15) is 11.9 Å². The summed E-state index contributed by atoms with van der Waals surface area (Å²) in [6, 6.07) is 4.76. The number of nitrogens with two attached hydrogens (primary N) is 1. The third-order valence-corrected chi connectivity index (χ3v) is 3.61. The lowest BCUT2D eigenvalue weighted by Gasteiger charge is -2.24. The Morgan fingerprint density at radius 3 is 2.94 bits per heavy atom. The second-order valence-corrected chi connectivity index (χ2v) is 4.96. The Balaban J connectivity index is 2.48. The van der Waals surface area contributed by atoms with Gasteiger partial charge < -0.3 is 10.6 Å². The van der Waals surface area contributed by atoms with Crippen molar-refractivity contribution < 1.29 is 4.79 Å². The van der Waals surface area contributed by atoms with Gasteiger partial charge in [-0.1, -0.05) is 27.5 Å². The SMILES string of the molecule is CCN1C(=O)N=C(N)C1c1cc(Cl)ccc1Br. The van der Waals surface area contributed by atoms with Gasteiger partial charge in [0.15, 0.2) is 0 Å². The van der Waals surface area contributed by atoms with E-state index in [4.69, 9.17) is 17.3 Å². The molecular weight excluding hydrogens is 305 g/mol. The zero-order chi connectivity index (χ0) is 12.6. The number of urea groups is 1. The molecule has 1 heterocycles. The molecule has 2 amide bonds. The number of likely N-dealkylation sites (N-methyl/N-ethyl adjacent to an activating group) is 1. The highest BCUT2D eigenvalue weighted by Gasteiger charge is 2.34. The van der Waals surface area contributed by atoms with Crippen LogP contribution in [0.3, 0.4) is 0 Å². The molecular formula is C11H11BrClN3O. The van der Waals surface area contributed by atoms with E-state index in [2.05, 4.69) is 20.9 Å². The highest BCUT2D eigenvalue weighted by atomic mass is 79.9. The average molecular weight is 317 g/mol. The van der Waals surface area contributed by atoms with Crippen molar-refractivity contribution in [3.63, 3.8) is 0 Å². The van der Waals surface area contributed by atoms with Gasteiger partial charge in [-0.15, -0.1) is 0 Å². The van der Waals surface area contributed by atoms with Crippen LogP contribution >= 0.6 is 27.5 Å². The van der Waals surface area contributed by atoms with Crippen LogP contribution in [0.25, 0.3) is 0 Å². The third-order valence-electron chi connectivity index (χ3n) is 2.66. The molecule has 0 aliphatic carbocycles. The van der Waals surface area contributed by atoms with E-state index >= 15 is 0 Å². The maximum Gasteiger partial charge on any atom is 0.346 e. The van der Waals surface area contributed by atoms with Crippen LogP contribution in [-0.2, 0) is 0 Å². The first kappa shape index (κ1) is 12.4. The van der Waals surface area contributed by atoms with Crippen LogP contribution in [0.1, 0.15) is 18.5 Å². The molecule has 1 aromatic rings. The van der Waals surface area contributed by atoms with E-state index in [-0.39, 0.29) is 12.1 Å². The Hall–Kier alpha value is -1.07. The molecule has 0 radical (unpaired) electrons. The minimum Gasteiger partial charge on any atom is -0.385 e. The summed E-state index contributed by atoms with van der Waals surface area (Å²) in [5, 5.41) is 0.603. The van der Waals surface area contributed by atoms with E-state index in [1.165, 1.54) is 0 Å². The smallest absolute Gasteiger partial charge is 0.346 e. The summed E-state index contributed by atoms with van der Waals surface area (Å²) in [6.45, 7) is 2.43. The lowest BCUT2D eigenvalue weighted by Crippen LogP contribution is -2.33. The fourth-order valence-corrected chi connectivity index (χ4v) is 2.52. The van der Waals surface area contributed by atoms with Gasteiger partial charge in [0.05, 0.1) is 0 Å². The number of benzene rings is 1. The molecule has 1 aliphatic rings. The Kier molecular flexibility index (Phi) is 3.40. The van der Waals surface area contributed by atoms with Crippen molar-refractivity contribution in [2.45, 2.75) is 13.0 Å². The summed E-state index contributed by atoms with van der Waals surface area (Å²) in [5.74, 6) is 0.305. The second-order valence-electron chi connectivity index (χ2n) is 3.67. The number of amidine groups is 1. The summed E-state index contributed by atoms with van der Waals surface area (Å²) in [7, 11) is 0. The van der Waals surface area contributed by atoms with Gasteiger partial charge in [-0.2, -0.15) is 4.99 Å². The van der Waals surface area contributed by atoms with Crippen molar-refractivity contribution >= 4 is 39.4 Å². The van der Waals surface area contributed by atoms with Gasteiger partial charge in [-0.25, -0.2) is 4.79 Å². The van der Waals surface area contributed by atoms with Crippen LogP contribution in [0.15, 0.2) is 27.7 Å². The molecule has 0 bridgehead atoms. The number of amides is 2. The van der Waals surface area contributed by atoms with Crippen molar-refractivity contribution in [1.29, 1.82) is 0 Å². The number of rotatable bonds is 2. The molecule has 17 heavy (non-hydrogen) atoms. The number of hydrogen-bond donors (Lipinski definition) is 1. The third kappa shape index (κ3) is 2.17. The predicted molar refractivity (Wildman–Crippen MR) is 71.3 cm³/mol. The lowest BCUT2D eigenvalue weighted by molar-refractivity contribution is 0.209. The van der Waals surface area contributed by atoms with Crippen molar-refractivity contribution in [3.8, 4) is 0 Å². The normalized spacial score (nSPS) is 19.7. The first-order valence-electron chi connectivity index (χ1n) is 5.14. The van der Waals surface area contributed by atoms with Crippen LogP contribution < -0.4 is 5.73 Å². The quantitative estimate of drug-likeness (QED) is 0.912. The molecule has 90 valence electrons. The topological polar surface area (TPSA) is 58.7 Å². The number of nitrogens with zero attached hydrogens (tertiary/aromatic N) is 2. The van der Waals surface area contributed by atoms with E-state index in [0.717, 1.165) is 10.0 Å². The monoisotopic (exact) mass is 315 g/mol. The standard InChI is InChI=1S/C11H11BrClN3O/c1-2-16-9(10(14)15-11(16)17)7-5-6(13)3-4-8(7)12/h3-5,9H,2H2,1H3,(H2,14,15,17). The van der Waals surface area contributed by atoms with Gasteiger partial charge in [0, 0.05) is 16.0 Å². The summed E-state index contributed by atoms with van der Waals surface area (Å²) in [4.78, 5) is 17.0. The van der Waals surface area contributed by atoms with Crippen molar-refractivity contribution in [3.05, 3.63) is 33.3 Å². The van der Waals surface area contributed by atoms with Gasteiger partial charge in [-0.05, 0) is 30.7 Å². The Morgan fingerprint density at radius 1 is 1.59 bits per heavy atom. The molecule has 2 rings (SSSR count). The second kappa shape index (κ2) is 4.66. The number of carbonyl (C=O) groups excluding carboxylic acids is 1. The maximum atomic E-state index is 11.6. The summed E-state index contributed by atoms with van der Waals surface area (Å²) >= 11 is 9.40. The zero-order valence-electron chi connectivity index (χ0n) is 9.15. The largest absolute Gasteiger partial charge is 0.385 e. The van der Waals surface area contributed by atoms with Crippen LogP contribution in [0.2, 0.25) is 5.02 Å². The highest BCUT2D eigenvalue weighted by Crippen LogP contribution is 2.33. The van der Waals surface area contributed by atoms with Crippen LogP contribution in [0.5, 0.6) is 0 Å². The minimum atomic E-state index is -0.333. The Bertz CT molecular complexity index is 503. The van der Waals surface area contributed by atoms with E-state index in [0.29, 0.717) is 17.4 Å². The van der Waals surface area contributed by atoms with Gasteiger partial charge in [0.25, 0.3) is 0 Å². The number of halogens is 2. The van der Waals surface area contributed by atoms with Crippen LogP contribution in [-0.4, -0.2) is 23.3 Å². The molecule has 1 atom stereocenters. The fourth-order valence-electron chi connectivity index (χ4n) is 1.88. The zero-order valence-corrected chi connectivity index (χ0v) is 11.5. The van der Waals surface area contributed by atoms with E-state index in [1.54, 1.807) is 17.0 Å². The number of hydrogen-bond acceptors (Lipinski definition) is 2. The van der Waals surface area contributed by atoms with Crippen LogP contribution in [0, 0.1) is 0 Å². The van der Waals surface area contributed by atoms with Crippen molar-refractivity contribution in [2.75, 3.05) is 6.54 Å². The maximum absolute atomic E-state index is 11.6. The first-order chi connectivity index (χ1) is 8.04. The molecule has 0 aromatic heterocycles. The minimum absolute atomic E-state index is 0.304. The van der Waals surface area contributed by atoms with Gasteiger partial charge in [0.2, 0.25) is 0 Å². The molecule has 4 nitrogen and oxygen atoms in total. The lowest BCUT2D eigenvalue weighted by atomic mass is 10.1.